The number of ketones is 1. The molecular weight excluding hydrogens is 579 g/mol. The highest BCUT2D eigenvalue weighted by Gasteiger charge is 2.69. The molecule has 1 N–H and O–H groups in total. The van der Waals surface area contributed by atoms with Gasteiger partial charge >= 0.3 is 18.3 Å². The van der Waals surface area contributed by atoms with Gasteiger partial charge in [-0.3, -0.25) is 19.3 Å². The van der Waals surface area contributed by atoms with Gasteiger partial charge in [-0.1, -0.05) is 23.2 Å². The molecule has 6 rings (SSSR count). The minimum absolute atomic E-state index is 0.0609. The van der Waals surface area contributed by atoms with Crippen molar-refractivity contribution in [3.63, 3.8) is 0 Å². The summed E-state index contributed by atoms with van der Waals surface area (Å²) in [6.45, 7) is 1.02. The molecule has 4 aliphatic rings. The number of amides is 2. The molecule has 13 heteroatoms. The zero-order chi connectivity index (χ0) is 29.0. The number of ether oxygens (including phenoxy) is 2. The van der Waals surface area contributed by atoms with Crippen LogP contribution in [0.1, 0.15) is 31.2 Å². The zero-order valence-electron chi connectivity index (χ0n) is 21.1. The second-order valence-corrected chi connectivity index (χ2v) is 11.6. The van der Waals surface area contributed by atoms with E-state index in [1.165, 1.54) is 12.1 Å². The van der Waals surface area contributed by atoms with Gasteiger partial charge in [-0.05, 0) is 73.6 Å². The van der Waals surface area contributed by atoms with E-state index in [0.717, 1.165) is 11.6 Å². The number of Topliss-reactive ketones (excluding diaryl/α,β-unsaturated/α-hetero) is 1. The molecule has 1 aliphatic heterocycles. The molecule has 1 unspecified atom stereocenters. The molecule has 0 aromatic heterocycles. The maximum atomic E-state index is 14.0. The topological polar surface area (TPSA) is 84.9 Å². The van der Waals surface area contributed by atoms with Crippen LogP contribution in [0.15, 0.2) is 36.4 Å². The lowest BCUT2D eigenvalue weighted by Gasteiger charge is -2.70. The molecule has 2 amide bonds. The minimum atomic E-state index is -4.97. The highest BCUT2D eigenvalue weighted by Crippen LogP contribution is 2.69. The first kappa shape index (κ1) is 28.5. The Bertz CT molecular complexity index is 1370. The molecule has 3 aliphatic carbocycles. The molecule has 1 atom stereocenters. The number of alkyl halides is 4. The van der Waals surface area contributed by atoms with Gasteiger partial charge in [0.05, 0.1) is 12.2 Å². The van der Waals surface area contributed by atoms with Gasteiger partial charge in [0.15, 0.2) is 11.9 Å². The van der Waals surface area contributed by atoms with Crippen LogP contribution in [-0.4, -0.2) is 54.7 Å². The van der Waals surface area contributed by atoms with Crippen molar-refractivity contribution < 1.29 is 41.4 Å². The number of nitrogens with zero attached hydrogens (tertiary/aromatic N) is 1. The predicted octanol–water partition coefficient (Wildman–Crippen LogP) is 5.37. The van der Waals surface area contributed by atoms with Gasteiger partial charge in [0.25, 0.3) is 5.91 Å². The highest BCUT2D eigenvalue weighted by molar-refractivity contribution is 6.31. The molecule has 0 radical (unpaired) electrons. The van der Waals surface area contributed by atoms with Crippen molar-refractivity contribution in [2.45, 2.75) is 56.6 Å². The molecule has 3 fully saturated rings. The number of hydrogen-bond donors (Lipinski definition) is 1. The molecule has 2 aromatic carbocycles. The summed E-state index contributed by atoms with van der Waals surface area (Å²) in [5, 5.41) is 3.50. The summed E-state index contributed by atoms with van der Waals surface area (Å²) in [5.41, 5.74) is -0.257. The van der Waals surface area contributed by atoms with Crippen LogP contribution in [0.3, 0.4) is 0 Å². The summed E-state index contributed by atoms with van der Waals surface area (Å²) in [6.07, 6.45) is -3.80. The van der Waals surface area contributed by atoms with E-state index >= 15 is 0 Å². The highest BCUT2D eigenvalue weighted by atomic mass is 35.5. The molecule has 7 nitrogen and oxygen atoms in total. The number of nitrogens with one attached hydrogen (secondary N) is 1. The van der Waals surface area contributed by atoms with E-state index in [4.69, 9.17) is 32.7 Å². The fourth-order valence-electron chi connectivity index (χ4n) is 5.86. The van der Waals surface area contributed by atoms with Crippen molar-refractivity contribution in [3.8, 4) is 11.5 Å². The molecular formula is C27H24Cl2F4N2O5. The molecule has 3 saturated carbocycles. The number of fused-ring (bicyclic) bond motifs is 1. The first-order valence-corrected chi connectivity index (χ1v) is 13.2. The lowest BCUT2D eigenvalue weighted by Crippen LogP contribution is -2.76. The lowest BCUT2D eigenvalue weighted by molar-refractivity contribution is -0.175. The Balaban J connectivity index is 1.18. The van der Waals surface area contributed by atoms with Crippen LogP contribution in [0.5, 0.6) is 11.5 Å². The number of carbonyl (C=O) groups excluding carboxylic acids is 3. The second kappa shape index (κ2) is 10.1. The average Bonchev–Trinajstić information content (AvgIpc) is 2.86. The van der Waals surface area contributed by atoms with E-state index in [9.17, 15) is 31.9 Å². The lowest BCUT2D eigenvalue weighted by atomic mass is 9.38. The molecule has 0 saturated heterocycles. The number of anilines is 1. The minimum Gasteiger partial charge on any atom is -0.486 e. The van der Waals surface area contributed by atoms with Crippen molar-refractivity contribution in [2.75, 3.05) is 18.1 Å². The van der Waals surface area contributed by atoms with Crippen molar-refractivity contribution in [2.24, 2.45) is 5.41 Å². The van der Waals surface area contributed by atoms with Gasteiger partial charge in [0, 0.05) is 22.0 Å². The van der Waals surface area contributed by atoms with Crippen LogP contribution in [0.25, 0.3) is 0 Å². The smallest absolute Gasteiger partial charge is 0.384 e. The van der Waals surface area contributed by atoms with Gasteiger partial charge in [-0.25, -0.2) is 8.78 Å². The first-order chi connectivity index (χ1) is 18.7. The third-order valence-corrected chi connectivity index (χ3v) is 8.22. The Labute approximate surface area is 236 Å². The summed E-state index contributed by atoms with van der Waals surface area (Å²) in [6, 6.07) is 8.86. The zero-order valence-corrected chi connectivity index (χ0v) is 22.6. The quantitative estimate of drug-likeness (QED) is 0.390. The fourth-order valence-corrected chi connectivity index (χ4v) is 6.14. The van der Waals surface area contributed by atoms with Crippen molar-refractivity contribution in [3.05, 3.63) is 52.0 Å². The SMILES string of the molecule is Cc1cc(OCC(=O)CC23CC(NC(=O)C4CN(C(=O)C(F)(F)C(F)F)c5cc(Cl)ccc5O4)(C2)C3)ccc1Cl. The molecule has 1 heterocycles. The van der Waals surface area contributed by atoms with E-state index in [1.807, 2.05) is 6.92 Å². The predicted molar refractivity (Wildman–Crippen MR) is 138 cm³/mol. The van der Waals surface area contributed by atoms with Crippen molar-refractivity contribution in [1.82, 2.24) is 5.32 Å². The number of aryl methyl sites for hydroxylation is 1. The van der Waals surface area contributed by atoms with Crippen LogP contribution in [0.2, 0.25) is 10.0 Å². The number of hydrogen-bond acceptors (Lipinski definition) is 5. The van der Waals surface area contributed by atoms with E-state index in [2.05, 4.69) is 5.32 Å². The van der Waals surface area contributed by atoms with Crippen LogP contribution in [0, 0.1) is 12.3 Å². The Hall–Kier alpha value is -3.05. The Kier molecular flexibility index (Phi) is 7.19. The van der Waals surface area contributed by atoms with Gasteiger partial charge in [-0.15, -0.1) is 0 Å². The number of halogens is 6. The van der Waals surface area contributed by atoms with Crippen LogP contribution < -0.4 is 19.7 Å². The maximum absolute atomic E-state index is 14.0. The third kappa shape index (κ3) is 5.21. The molecule has 40 heavy (non-hydrogen) atoms. The largest absolute Gasteiger partial charge is 0.486 e. The third-order valence-electron chi connectivity index (χ3n) is 7.56. The number of carbonyl (C=O) groups is 3. The Morgan fingerprint density at radius 2 is 1.85 bits per heavy atom. The molecule has 2 aromatic rings. The maximum Gasteiger partial charge on any atom is 0.384 e. The number of rotatable bonds is 9. The van der Waals surface area contributed by atoms with Crippen molar-refractivity contribution >= 4 is 46.5 Å². The normalized spacial score (nSPS) is 24.8. The fraction of sp³-hybridized carbons (Fsp3) is 0.444. The van der Waals surface area contributed by atoms with E-state index in [1.54, 1.807) is 18.2 Å². The molecule has 214 valence electrons. The average molecular weight is 603 g/mol. The molecule has 0 spiro atoms. The van der Waals surface area contributed by atoms with Gasteiger partial charge in [0.2, 0.25) is 0 Å². The summed E-state index contributed by atoms with van der Waals surface area (Å²) in [7, 11) is 0. The molecule has 2 bridgehead atoms. The Morgan fingerprint density at radius 3 is 2.50 bits per heavy atom. The van der Waals surface area contributed by atoms with Gasteiger partial charge in [0.1, 0.15) is 18.1 Å². The van der Waals surface area contributed by atoms with E-state index in [0.29, 0.717) is 34.9 Å². The summed E-state index contributed by atoms with van der Waals surface area (Å²) in [5.74, 6) is -7.49. The monoisotopic (exact) mass is 602 g/mol. The van der Waals surface area contributed by atoms with Crippen molar-refractivity contribution in [1.29, 1.82) is 0 Å². The van der Waals surface area contributed by atoms with Gasteiger partial charge in [-0.2, -0.15) is 8.78 Å². The Morgan fingerprint density at radius 1 is 1.15 bits per heavy atom. The van der Waals surface area contributed by atoms with E-state index in [-0.39, 0.29) is 40.7 Å². The summed E-state index contributed by atoms with van der Waals surface area (Å²) >= 11 is 11.9. The summed E-state index contributed by atoms with van der Waals surface area (Å²) in [4.78, 5) is 38.4. The van der Waals surface area contributed by atoms with Gasteiger partial charge < -0.3 is 14.8 Å². The first-order valence-electron chi connectivity index (χ1n) is 12.4. The van der Waals surface area contributed by atoms with Crippen LogP contribution in [0.4, 0.5) is 23.2 Å². The summed E-state index contributed by atoms with van der Waals surface area (Å²) < 4.78 is 65.0. The standard InChI is InChI=1S/C27H24Cl2F4N2O5/c1-14-6-17(3-4-18(14)29)39-10-16(36)8-25-11-26(12-25,13-25)34-22(37)21-9-35(24(38)27(32,33)23(30)31)19-7-15(28)2-5-20(19)40-21/h2-7,21,23H,8-13H2,1H3,(H,34,37). The second-order valence-electron chi connectivity index (χ2n) is 10.8. The number of benzene rings is 2. The van der Waals surface area contributed by atoms with Crippen LogP contribution >= 0.6 is 23.2 Å². The van der Waals surface area contributed by atoms with E-state index < -0.39 is 42.3 Å². The van der Waals surface area contributed by atoms with Crippen LogP contribution in [-0.2, 0) is 14.4 Å².